The molecule has 0 aromatic heterocycles. The molecule has 134 valence electrons. The molecule has 0 saturated carbocycles. The molecule has 0 bridgehead atoms. The Labute approximate surface area is 148 Å². The Balaban J connectivity index is 1.88. The lowest BCUT2D eigenvalue weighted by Crippen LogP contribution is -2.31. The van der Waals surface area contributed by atoms with E-state index in [0.717, 1.165) is 11.8 Å². The lowest BCUT2D eigenvalue weighted by molar-refractivity contribution is -0.123. The van der Waals surface area contributed by atoms with Crippen molar-refractivity contribution in [2.24, 2.45) is 0 Å². The van der Waals surface area contributed by atoms with E-state index in [4.69, 9.17) is 4.74 Å². The first-order chi connectivity index (χ1) is 11.8. The summed E-state index contributed by atoms with van der Waals surface area (Å²) >= 11 is 0. The van der Waals surface area contributed by atoms with Gasteiger partial charge in [-0.2, -0.15) is 0 Å². The van der Waals surface area contributed by atoms with Crippen LogP contribution in [0.4, 0.5) is 5.69 Å². The third kappa shape index (κ3) is 5.49. The number of carbonyl (C=O) groups is 1. The van der Waals surface area contributed by atoms with E-state index in [0.29, 0.717) is 11.4 Å². The van der Waals surface area contributed by atoms with Gasteiger partial charge < -0.3 is 10.1 Å². The fourth-order valence-corrected chi connectivity index (χ4v) is 2.71. The number of nitrogens with one attached hydrogen (secondary N) is 1. The molecule has 25 heavy (non-hydrogen) atoms. The van der Waals surface area contributed by atoms with Crippen LogP contribution in [0, 0.1) is 0 Å². The molecule has 0 heterocycles. The molecule has 0 aliphatic carbocycles. The SMILES string of the molecule is CC(NC(=O)COc1ccc(N(C)S(C)(=O)=O)cc1)c1ccccc1. The first kappa shape index (κ1) is 18.8. The molecule has 1 N–H and O–H groups in total. The van der Waals surface area contributed by atoms with Crippen LogP contribution < -0.4 is 14.4 Å². The summed E-state index contributed by atoms with van der Waals surface area (Å²) in [7, 11) is -1.83. The Morgan fingerprint density at radius 3 is 2.28 bits per heavy atom. The van der Waals surface area contributed by atoms with Gasteiger partial charge in [0.1, 0.15) is 5.75 Å². The molecule has 2 aromatic rings. The first-order valence-electron chi connectivity index (χ1n) is 7.78. The number of hydrogen-bond donors (Lipinski definition) is 1. The van der Waals surface area contributed by atoms with E-state index >= 15 is 0 Å². The van der Waals surface area contributed by atoms with Crippen LogP contribution >= 0.6 is 0 Å². The molecule has 1 atom stereocenters. The fraction of sp³-hybridized carbons (Fsp3) is 0.278. The van der Waals surface area contributed by atoms with Crippen molar-refractivity contribution >= 4 is 21.6 Å². The van der Waals surface area contributed by atoms with Crippen LogP contribution in [0.25, 0.3) is 0 Å². The van der Waals surface area contributed by atoms with Crippen molar-refractivity contribution in [3.63, 3.8) is 0 Å². The zero-order chi connectivity index (χ0) is 18.4. The van der Waals surface area contributed by atoms with Crippen LogP contribution in [0.1, 0.15) is 18.5 Å². The minimum absolute atomic E-state index is 0.108. The predicted molar refractivity (Wildman–Crippen MR) is 98.2 cm³/mol. The number of hydrogen-bond acceptors (Lipinski definition) is 4. The van der Waals surface area contributed by atoms with Crippen molar-refractivity contribution in [1.29, 1.82) is 0 Å². The van der Waals surface area contributed by atoms with Gasteiger partial charge in [0.05, 0.1) is 18.0 Å². The average Bonchev–Trinajstić information content (AvgIpc) is 2.59. The largest absolute Gasteiger partial charge is 0.484 e. The Morgan fingerprint density at radius 2 is 1.72 bits per heavy atom. The van der Waals surface area contributed by atoms with Crippen molar-refractivity contribution < 1.29 is 17.9 Å². The van der Waals surface area contributed by atoms with Gasteiger partial charge in [0.2, 0.25) is 10.0 Å². The third-order valence-electron chi connectivity index (χ3n) is 3.74. The molecule has 0 spiro atoms. The van der Waals surface area contributed by atoms with E-state index in [9.17, 15) is 13.2 Å². The van der Waals surface area contributed by atoms with E-state index in [-0.39, 0.29) is 18.6 Å². The molecule has 1 unspecified atom stereocenters. The van der Waals surface area contributed by atoms with Gasteiger partial charge >= 0.3 is 0 Å². The molecule has 0 aliphatic heterocycles. The maximum absolute atomic E-state index is 12.0. The molecule has 2 rings (SSSR count). The Morgan fingerprint density at radius 1 is 1.12 bits per heavy atom. The van der Waals surface area contributed by atoms with Crippen LogP contribution in [0.2, 0.25) is 0 Å². The molecule has 0 radical (unpaired) electrons. The summed E-state index contributed by atoms with van der Waals surface area (Å²) in [5, 5.41) is 2.86. The second-order valence-electron chi connectivity index (χ2n) is 5.71. The van der Waals surface area contributed by atoms with Crippen LogP contribution in [0.15, 0.2) is 54.6 Å². The molecular formula is C18H22N2O4S. The van der Waals surface area contributed by atoms with Crippen LogP contribution in [-0.2, 0) is 14.8 Å². The van der Waals surface area contributed by atoms with Crippen LogP contribution in [-0.4, -0.2) is 34.2 Å². The molecule has 0 aliphatic rings. The quantitative estimate of drug-likeness (QED) is 0.820. The topological polar surface area (TPSA) is 75.7 Å². The lowest BCUT2D eigenvalue weighted by atomic mass is 10.1. The highest BCUT2D eigenvalue weighted by molar-refractivity contribution is 7.92. The van der Waals surface area contributed by atoms with Crippen molar-refractivity contribution in [2.75, 3.05) is 24.2 Å². The summed E-state index contributed by atoms with van der Waals surface area (Å²) in [4.78, 5) is 12.0. The number of amides is 1. The maximum atomic E-state index is 12.0. The molecule has 1 amide bonds. The van der Waals surface area contributed by atoms with Gasteiger partial charge in [0.25, 0.3) is 5.91 Å². The average molecular weight is 362 g/mol. The van der Waals surface area contributed by atoms with Crippen molar-refractivity contribution in [1.82, 2.24) is 5.32 Å². The van der Waals surface area contributed by atoms with E-state index < -0.39 is 10.0 Å². The Hall–Kier alpha value is -2.54. The van der Waals surface area contributed by atoms with E-state index in [1.165, 1.54) is 11.4 Å². The monoisotopic (exact) mass is 362 g/mol. The van der Waals surface area contributed by atoms with Gasteiger partial charge in [0, 0.05) is 7.05 Å². The number of carbonyl (C=O) groups excluding carboxylic acids is 1. The van der Waals surface area contributed by atoms with Crippen molar-refractivity contribution in [2.45, 2.75) is 13.0 Å². The molecule has 6 nitrogen and oxygen atoms in total. The number of benzene rings is 2. The van der Waals surface area contributed by atoms with Crippen molar-refractivity contribution in [3.8, 4) is 5.75 Å². The van der Waals surface area contributed by atoms with E-state index in [1.807, 2.05) is 37.3 Å². The maximum Gasteiger partial charge on any atom is 0.258 e. The van der Waals surface area contributed by atoms with Crippen LogP contribution in [0.3, 0.4) is 0 Å². The highest BCUT2D eigenvalue weighted by Crippen LogP contribution is 2.20. The molecule has 2 aromatic carbocycles. The first-order valence-corrected chi connectivity index (χ1v) is 9.63. The van der Waals surface area contributed by atoms with Gasteiger partial charge in [-0.15, -0.1) is 0 Å². The highest BCUT2D eigenvalue weighted by atomic mass is 32.2. The zero-order valence-corrected chi connectivity index (χ0v) is 15.3. The second kappa shape index (κ2) is 8.02. The predicted octanol–water partition coefficient (Wildman–Crippen LogP) is 2.34. The number of anilines is 1. The third-order valence-corrected chi connectivity index (χ3v) is 4.95. The Bertz CT molecular complexity index is 805. The van der Waals surface area contributed by atoms with Gasteiger partial charge in [-0.05, 0) is 36.8 Å². The molecule has 0 fully saturated rings. The number of nitrogens with zero attached hydrogens (tertiary/aromatic N) is 1. The smallest absolute Gasteiger partial charge is 0.258 e. The number of sulfonamides is 1. The molecule has 0 saturated heterocycles. The van der Waals surface area contributed by atoms with Crippen LogP contribution in [0.5, 0.6) is 5.75 Å². The van der Waals surface area contributed by atoms with Gasteiger partial charge in [-0.3, -0.25) is 9.10 Å². The minimum Gasteiger partial charge on any atom is -0.484 e. The lowest BCUT2D eigenvalue weighted by Gasteiger charge is -2.17. The minimum atomic E-state index is -3.31. The fourth-order valence-electron chi connectivity index (χ4n) is 2.20. The van der Waals surface area contributed by atoms with Crippen molar-refractivity contribution in [3.05, 3.63) is 60.2 Å². The normalized spacial score (nSPS) is 12.3. The highest BCUT2D eigenvalue weighted by Gasteiger charge is 2.12. The van der Waals surface area contributed by atoms with E-state index in [1.54, 1.807) is 24.3 Å². The molecular weight excluding hydrogens is 340 g/mol. The number of ether oxygens (including phenoxy) is 1. The van der Waals surface area contributed by atoms with Gasteiger partial charge in [-0.25, -0.2) is 8.42 Å². The summed E-state index contributed by atoms with van der Waals surface area (Å²) in [5.41, 5.74) is 1.54. The van der Waals surface area contributed by atoms with E-state index in [2.05, 4.69) is 5.32 Å². The molecule has 7 heteroatoms. The number of rotatable bonds is 7. The summed E-state index contributed by atoms with van der Waals surface area (Å²) in [6, 6.07) is 16.1. The summed E-state index contributed by atoms with van der Waals surface area (Å²) in [6.07, 6.45) is 1.13. The summed E-state index contributed by atoms with van der Waals surface area (Å²) in [5.74, 6) is 0.266. The Kier molecular flexibility index (Phi) is 6.03. The second-order valence-corrected chi connectivity index (χ2v) is 7.73. The van der Waals surface area contributed by atoms with Gasteiger partial charge in [-0.1, -0.05) is 30.3 Å². The summed E-state index contributed by atoms with van der Waals surface area (Å²) in [6.45, 7) is 1.79. The zero-order valence-electron chi connectivity index (χ0n) is 14.5. The standard InChI is InChI=1S/C18H22N2O4S/c1-14(15-7-5-4-6-8-15)19-18(21)13-24-17-11-9-16(10-12-17)20(2)25(3,22)23/h4-12,14H,13H2,1-3H3,(H,19,21). The van der Waals surface area contributed by atoms with Gasteiger partial charge in [0.15, 0.2) is 6.61 Å². The summed E-state index contributed by atoms with van der Waals surface area (Å²) < 4.78 is 29.6.